The predicted molar refractivity (Wildman–Crippen MR) is 116 cm³/mol. The molecule has 2 atom stereocenters. The van der Waals surface area contributed by atoms with Gasteiger partial charge in [-0.2, -0.15) is 0 Å². The normalized spacial score (nSPS) is 24.0. The molecule has 3 rings (SSSR count). The van der Waals surface area contributed by atoms with E-state index in [2.05, 4.69) is 58.4 Å². The Kier molecular flexibility index (Phi) is 6.10. The largest absolute Gasteiger partial charge is 0.403 e. The molecule has 0 bridgehead atoms. The first kappa shape index (κ1) is 19.6. The average molecular weight is 376 g/mol. The van der Waals surface area contributed by atoms with Gasteiger partial charge in [-0.1, -0.05) is 25.0 Å². The van der Waals surface area contributed by atoms with E-state index in [1.165, 1.54) is 11.8 Å². The number of aliphatic imine (C=N–C) groups is 1. The fraction of sp³-hybridized carbons (Fsp3) is 0.348. The molecule has 0 amide bonds. The van der Waals surface area contributed by atoms with E-state index >= 15 is 0 Å². The van der Waals surface area contributed by atoms with Crippen LogP contribution in [-0.4, -0.2) is 23.3 Å². The van der Waals surface area contributed by atoms with Crippen LogP contribution < -0.4 is 16.4 Å². The Labute approximate surface area is 168 Å². The first-order chi connectivity index (χ1) is 13.5. The van der Waals surface area contributed by atoms with Gasteiger partial charge in [0.05, 0.1) is 11.4 Å². The van der Waals surface area contributed by atoms with Crippen molar-refractivity contribution in [1.82, 2.24) is 15.5 Å². The second-order valence-corrected chi connectivity index (χ2v) is 7.52. The Balaban J connectivity index is 1.71. The van der Waals surface area contributed by atoms with Crippen LogP contribution in [0.5, 0.6) is 0 Å². The molecule has 2 heterocycles. The minimum atomic E-state index is -0.0346. The lowest BCUT2D eigenvalue weighted by atomic mass is 9.93. The van der Waals surface area contributed by atoms with E-state index < -0.39 is 0 Å². The average Bonchev–Trinajstić information content (AvgIpc) is 3.09. The quantitative estimate of drug-likeness (QED) is 0.521. The molecule has 3 aliphatic rings. The van der Waals surface area contributed by atoms with Gasteiger partial charge in [-0.3, -0.25) is 4.99 Å². The van der Waals surface area contributed by atoms with Crippen LogP contribution >= 0.6 is 0 Å². The van der Waals surface area contributed by atoms with Crippen LogP contribution in [0.2, 0.25) is 0 Å². The molecular weight excluding hydrogens is 346 g/mol. The zero-order valence-electron chi connectivity index (χ0n) is 17.0. The molecule has 0 aromatic carbocycles. The molecular formula is C23H29N5. The number of hydrogen-bond donors (Lipinski definition) is 3. The van der Waals surface area contributed by atoms with Gasteiger partial charge in [-0.05, 0) is 56.8 Å². The minimum Gasteiger partial charge on any atom is -0.403 e. The number of allylic oxidation sites excluding steroid dienone is 8. The standard InChI is InChI=1S/C23H29N5/c1-16(2)25-14-20(13-24)27-22-6-5-11-28-21(15-26-23(22)28)10-9-19-12-17(3)7-8-18(19)4/h5-6,8,11-17,23,26-27H,7,24H2,1-4H3. The van der Waals surface area contributed by atoms with Gasteiger partial charge in [0.2, 0.25) is 0 Å². The molecule has 1 aliphatic carbocycles. The van der Waals surface area contributed by atoms with Crippen LogP contribution in [0.3, 0.4) is 0 Å². The Morgan fingerprint density at radius 1 is 1.43 bits per heavy atom. The summed E-state index contributed by atoms with van der Waals surface area (Å²) in [6.07, 6.45) is 16.9. The first-order valence-corrected chi connectivity index (χ1v) is 9.74. The van der Waals surface area contributed by atoms with E-state index in [9.17, 15) is 0 Å². The molecule has 5 nitrogen and oxygen atoms in total. The molecule has 5 heteroatoms. The lowest BCUT2D eigenvalue weighted by molar-refractivity contribution is 0.382. The molecule has 2 aliphatic heterocycles. The van der Waals surface area contributed by atoms with E-state index in [1.54, 1.807) is 6.21 Å². The van der Waals surface area contributed by atoms with E-state index in [1.807, 2.05) is 38.4 Å². The smallest absolute Gasteiger partial charge is 0.145 e. The van der Waals surface area contributed by atoms with E-state index in [4.69, 9.17) is 5.73 Å². The molecule has 0 aromatic rings. The number of rotatable bonds is 4. The third-order valence-electron chi connectivity index (χ3n) is 4.73. The topological polar surface area (TPSA) is 65.7 Å². The molecule has 0 saturated heterocycles. The summed E-state index contributed by atoms with van der Waals surface area (Å²) in [4.78, 5) is 6.51. The van der Waals surface area contributed by atoms with Crippen molar-refractivity contribution in [1.29, 1.82) is 0 Å². The molecule has 0 aromatic heterocycles. The third kappa shape index (κ3) is 4.58. The molecule has 0 spiro atoms. The highest BCUT2D eigenvalue weighted by molar-refractivity contribution is 5.78. The predicted octanol–water partition coefficient (Wildman–Crippen LogP) is 3.26. The molecule has 28 heavy (non-hydrogen) atoms. The van der Waals surface area contributed by atoms with E-state index in [0.717, 1.165) is 29.1 Å². The van der Waals surface area contributed by atoms with Gasteiger partial charge >= 0.3 is 0 Å². The SMILES string of the molecule is CC1=CCC(C)C=C1C#CC1=CNC2C(NC(C=NC(C)C)=CN)=CC=CN12. The molecule has 0 saturated carbocycles. The fourth-order valence-electron chi connectivity index (χ4n) is 3.14. The van der Waals surface area contributed by atoms with Crippen molar-refractivity contribution >= 4 is 6.21 Å². The van der Waals surface area contributed by atoms with Crippen LogP contribution in [0.1, 0.15) is 34.1 Å². The maximum Gasteiger partial charge on any atom is 0.145 e. The van der Waals surface area contributed by atoms with E-state index in [0.29, 0.717) is 5.92 Å². The lowest BCUT2D eigenvalue weighted by Crippen LogP contribution is -2.41. The second kappa shape index (κ2) is 8.71. The summed E-state index contributed by atoms with van der Waals surface area (Å²) in [5, 5.41) is 6.76. The van der Waals surface area contributed by atoms with Crippen molar-refractivity contribution in [3.05, 3.63) is 71.1 Å². The highest BCUT2D eigenvalue weighted by Crippen LogP contribution is 2.25. The van der Waals surface area contributed by atoms with Crippen molar-refractivity contribution < 1.29 is 0 Å². The Morgan fingerprint density at radius 2 is 2.25 bits per heavy atom. The van der Waals surface area contributed by atoms with Gasteiger partial charge in [0, 0.05) is 36.4 Å². The Hall–Kier alpha value is -3.13. The summed E-state index contributed by atoms with van der Waals surface area (Å²) in [6, 6.07) is 0.218. The zero-order chi connectivity index (χ0) is 20.1. The number of nitrogens with zero attached hydrogens (tertiary/aromatic N) is 2. The Bertz CT molecular complexity index is 884. The fourth-order valence-corrected chi connectivity index (χ4v) is 3.14. The van der Waals surface area contributed by atoms with Gasteiger partial charge in [0.15, 0.2) is 0 Å². The molecule has 0 fully saturated rings. The lowest BCUT2D eigenvalue weighted by Gasteiger charge is -2.29. The summed E-state index contributed by atoms with van der Waals surface area (Å²) in [7, 11) is 0. The number of nitrogens with two attached hydrogens (primary N) is 1. The van der Waals surface area contributed by atoms with Crippen molar-refractivity contribution in [2.24, 2.45) is 16.6 Å². The summed E-state index contributed by atoms with van der Waals surface area (Å²) in [5.74, 6) is 7.21. The molecule has 4 N–H and O–H groups in total. The van der Waals surface area contributed by atoms with Gasteiger partial charge in [0.1, 0.15) is 11.9 Å². The van der Waals surface area contributed by atoms with Gasteiger partial charge in [-0.25, -0.2) is 0 Å². The highest BCUT2D eigenvalue weighted by atomic mass is 15.3. The van der Waals surface area contributed by atoms with Crippen molar-refractivity contribution in [3.63, 3.8) is 0 Å². The van der Waals surface area contributed by atoms with Crippen LogP contribution in [0, 0.1) is 17.8 Å². The van der Waals surface area contributed by atoms with Crippen LogP contribution in [0.15, 0.2) is 76.1 Å². The Morgan fingerprint density at radius 3 is 3.00 bits per heavy atom. The van der Waals surface area contributed by atoms with Crippen LogP contribution in [0.25, 0.3) is 0 Å². The van der Waals surface area contributed by atoms with E-state index in [-0.39, 0.29) is 12.2 Å². The second-order valence-electron chi connectivity index (χ2n) is 7.52. The maximum absolute atomic E-state index is 5.75. The summed E-state index contributed by atoms with van der Waals surface area (Å²) < 4.78 is 0. The van der Waals surface area contributed by atoms with Crippen molar-refractivity contribution in [2.45, 2.75) is 46.3 Å². The van der Waals surface area contributed by atoms with Gasteiger partial charge < -0.3 is 21.3 Å². The summed E-state index contributed by atoms with van der Waals surface area (Å²) in [6.45, 7) is 8.41. The van der Waals surface area contributed by atoms with Crippen molar-refractivity contribution in [3.8, 4) is 11.8 Å². The van der Waals surface area contributed by atoms with Gasteiger partial charge in [0.25, 0.3) is 0 Å². The van der Waals surface area contributed by atoms with Gasteiger partial charge in [-0.15, -0.1) is 0 Å². The monoisotopic (exact) mass is 375 g/mol. The minimum absolute atomic E-state index is 0.0346. The van der Waals surface area contributed by atoms with Crippen molar-refractivity contribution in [2.75, 3.05) is 0 Å². The van der Waals surface area contributed by atoms with Crippen LogP contribution in [0.4, 0.5) is 0 Å². The molecule has 146 valence electrons. The van der Waals surface area contributed by atoms with Crippen LogP contribution in [-0.2, 0) is 0 Å². The summed E-state index contributed by atoms with van der Waals surface area (Å²) in [5.41, 5.74) is 10.8. The third-order valence-corrected chi connectivity index (χ3v) is 4.73. The number of fused-ring (bicyclic) bond motifs is 1. The summed E-state index contributed by atoms with van der Waals surface area (Å²) >= 11 is 0. The number of hydrogen-bond acceptors (Lipinski definition) is 5. The maximum atomic E-state index is 5.75. The first-order valence-electron chi connectivity index (χ1n) is 9.74. The molecule has 0 radical (unpaired) electrons. The highest BCUT2D eigenvalue weighted by Gasteiger charge is 2.28. The molecule has 2 unspecified atom stereocenters. The number of nitrogens with one attached hydrogen (secondary N) is 2. The zero-order valence-corrected chi connectivity index (χ0v) is 17.0.